The standard InChI is InChI=1S/C43H50F3N9O5/c1-42(2,60)30-22-32-26(20-33(30)48-39(57)31-6-5-7-37(47-31)43(44,45)46)24-54(50-32)28-10-8-25(9-11-28)23-51(3)27-16-18-53(19-17-27)29-12-13-34-36(21-29)55(41(59)52(34)4)35-14-15-38(56)49-40(35)58/h5-7,12-13,20-22,24-25,27-28,35,60H,8-11,14-19,23H2,1-4H3,(H,48,57)(H,49,56,58)/t25-,28-,35?. The van der Waals surface area contributed by atoms with Gasteiger partial charge in [0, 0.05) is 67.7 Å². The highest BCUT2D eigenvalue weighted by Gasteiger charge is 2.35. The topological polar surface area (TPSA) is 160 Å². The minimum Gasteiger partial charge on any atom is -0.386 e. The number of halogens is 3. The number of aryl methyl sites for hydroxylation is 1. The third-order valence-electron chi connectivity index (χ3n) is 12.6. The van der Waals surface area contributed by atoms with Crippen LogP contribution in [0.5, 0.6) is 0 Å². The van der Waals surface area contributed by atoms with Crippen LogP contribution in [0.1, 0.15) is 99.0 Å². The fraction of sp³-hybridized carbons (Fsp3) is 0.488. The van der Waals surface area contributed by atoms with E-state index in [1.165, 1.54) is 10.6 Å². The van der Waals surface area contributed by atoms with E-state index in [-0.39, 0.29) is 35.4 Å². The van der Waals surface area contributed by atoms with Crippen molar-refractivity contribution < 1.29 is 32.7 Å². The Morgan fingerprint density at radius 2 is 1.70 bits per heavy atom. The molecule has 1 atom stereocenters. The Hall–Kier alpha value is -5.55. The summed E-state index contributed by atoms with van der Waals surface area (Å²) in [5.41, 5.74) is 0.510. The van der Waals surface area contributed by atoms with Crippen molar-refractivity contribution in [2.24, 2.45) is 13.0 Å². The second-order valence-electron chi connectivity index (χ2n) is 17.2. The molecule has 5 heterocycles. The van der Waals surface area contributed by atoms with E-state index in [1.807, 2.05) is 29.1 Å². The molecule has 60 heavy (non-hydrogen) atoms. The zero-order chi connectivity index (χ0) is 42.7. The lowest BCUT2D eigenvalue weighted by atomic mass is 9.85. The van der Waals surface area contributed by atoms with Gasteiger partial charge in [-0.2, -0.15) is 18.3 Å². The number of aromatic nitrogens is 5. The largest absolute Gasteiger partial charge is 0.433 e. The van der Waals surface area contributed by atoms with Gasteiger partial charge in [0.2, 0.25) is 11.8 Å². The van der Waals surface area contributed by atoms with Crippen molar-refractivity contribution in [3.05, 3.63) is 82.2 Å². The van der Waals surface area contributed by atoms with E-state index in [1.54, 1.807) is 37.6 Å². The van der Waals surface area contributed by atoms with Gasteiger partial charge < -0.3 is 20.2 Å². The highest BCUT2D eigenvalue weighted by atomic mass is 19.4. The fourth-order valence-corrected chi connectivity index (χ4v) is 9.29. The van der Waals surface area contributed by atoms with E-state index in [2.05, 4.69) is 32.5 Å². The number of nitrogens with one attached hydrogen (secondary N) is 2. The molecule has 3 aromatic heterocycles. The lowest BCUT2D eigenvalue weighted by Crippen LogP contribution is -2.45. The highest BCUT2D eigenvalue weighted by Crippen LogP contribution is 2.37. The van der Waals surface area contributed by atoms with Crippen LogP contribution in [0.15, 0.2) is 59.5 Å². The summed E-state index contributed by atoms with van der Waals surface area (Å²) >= 11 is 0. The van der Waals surface area contributed by atoms with Gasteiger partial charge in [0.15, 0.2) is 0 Å². The number of anilines is 2. The van der Waals surface area contributed by atoms with Gasteiger partial charge in [-0.1, -0.05) is 6.07 Å². The van der Waals surface area contributed by atoms with Crippen molar-refractivity contribution in [1.82, 2.24) is 34.1 Å². The van der Waals surface area contributed by atoms with Gasteiger partial charge in [-0.3, -0.25) is 33.5 Å². The number of alkyl halides is 3. The molecule has 3 fully saturated rings. The number of carbonyl (C=O) groups is 3. The first-order valence-corrected chi connectivity index (χ1v) is 20.6. The molecule has 3 N–H and O–H groups in total. The summed E-state index contributed by atoms with van der Waals surface area (Å²) in [4.78, 5) is 59.2. The number of amides is 3. The molecule has 2 aliphatic heterocycles. The molecule has 1 saturated carbocycles. The number of carbonyl (C=O) groups excluding carboxylic acids is 3. The summed E-state index contributed by atoms with van der Waals surface area (Å²) < 4.78 is 44.9. The zero-order valence-electron chi connectivity index (χ0n) is 34.1. The second-order valence-corrected chi connectivity index (χ2v) is 17.2. The highest BCUT2D eigenvalue weighted by molar-refractivity contribution is 6.04. The summed E-state index contributed by atoms with van der Waals surface area (Å²) in [5, 5.41) is 21.7. The number of aliphatic hydroxyl groups is 1. The Labute approximate surface area is 344 Å². The van der Waals surface area contributed by atoms with E-state index in [0.29, 0.717) is 35.0 Å². The molecular weight excluding hydrogens is 780 g/mol. The number of rotatable bonds is 9. The first kappa shape index (κ1) is 41.2. The molecule has 3 aliphatic rings. The molecule has 2 saturated heterocycles. The number of imide groups is 1. The number of piperidine rings is 2. The van der Waals surface area contributed by atoms with Crippen LogP contribution in [-0.2, 0) is 28.4 Å². The van der Waals surface area contributed by atoms with Gasteiger partial charge in [-0.15, -0.1) is 0 Å². The molecule has 17 heteroatoms. The predicted octanol–water partition coefficient (Wildman–Crippen LogP) is 5.89. The minimum absolute atomic E-state index is 0.174. The molecule has 0 spiro atoms. The monoisotopic (exact) mass is 829 g/mol. The van der Waals surface area contributed by atoms with E-state index >= 15 is 0 Å². The SMILES string of the molecule is CN(C[C@H]1CC[C@H](n2cc3cc(NC(=O)c4cccc(C(F)(F)F)n4)c(C(C)(C)O)cc3n2)CC1)C1CCN(c2ccc3c(c2)n(C2CCC(=O)NC2=O)c(=O)n3C)CC1. The molecule has 3 amide bonds. The predicted molar refractivity (Wildman–Crippen MR) is 220 cm³/mol. The third-order valence-corrected chi connectivity index (χ3v) is 12.6. The zero-order valence-corrected chi connectivity index (χ0v) is 34.1. The average Bonchev–Trinajstić information content (AvgIpc) is 3.74. The molecule has 2 aromatic carbocycles. The van der Waals surface area contributed by atoms with Gasteiger partial charge in [0.1, 0.15) is 17.4 Å². The Morgan fingerprint density at radius 3 is 2.38 bits per heavy atom. The molecule has 1 aliphatic carbocycles. The third kappa shape index (κ3) is 8.16. The number of imidazole rings is 1. The molecule has 8 rings (SSSR count). The van der Waals surface area contributed by atoms with Crippen molar-refractivity contribution in [3.8, 4) is 0 Å². The van der Waals surface area contributed by atoms with Crippen LogP contribution in [0, 0.1) is 5.92 Å². The molecule has 0 radical (unpaired) electrons. The number of fused-ring (bicyclic) bond motifs is 2. The van der Waals surface area contributed by atoms with Crippen molar-refractivity contribution in [3.63, 3.8) is 0 Å². The molecule has 0 bridgehead atoms. The van der Waals surface area contributed by atoms with Crippen LogP contribution >= 0.6 is 0 Å². The summed E-state index contributed by atoms with van der Waals surface area (Å²) in [6.07, 6.45) is 3.66. The smallest absolute Gasteiger partial charge is 0.386 e. The van der Waals surface area contributed by atoms with Crippen LogP contribution in [-0.4, -0.2) is 84.4 Å². The van der Waals surface area contributed by atoms with E-state index in [4.69, 9.17) is 5.10 Å². The Balaban J connectivity index is 0.876. The van der Waals surface area contributed by atoms with E-state index in [9.17, 15) is 37.5 Å². The van der Waals surface area contributed by atoms with Crippen LogP contribution in [0.25, 0.3) is 21.9 Å². The quantitative estimate of drug-likeness (QED) is 0.154. The van der Waals surface area contributed by atoms with Crippen molar-refractivity contribution in [1.29, 1.82) is 0 Å². The molecule has 318 valence electrons. The Morgan fingerprint density at radius 1 is 0.967 bits per heavy atom. The Kier molecular flexibility index (Phi) is 10.9. The number of benzene rings is 2. The Bertz CT molecular complexity index is 2520. The van der Waals surface area contributed by atoms with Crippen molar-refractivity contribution in [2.75, 3.05) is 36.9 Å². The van der Waals surface area contributed by atoms with Crippen molar-refractivity contribution in [2.45, 2.75) is 95.1 Å². The van der Waals surface area contributed by atoms with E-state index in [0.717, 1.165) is 86.9 Å². The molecule has 14 nitrogen and oxygen atoms in total. The van der Waals surface area contributed by atoms with Crippen molar-refractivity contribution >= 4 is 51.0 Å². The maximum absolute atomic E-state index is 13.3. The normalized spacial score (nSPS) is 20.9. The summed E-state index contributed by atoms with van der Waals surface area (Å²) in [7, 11) is 3.91. The molecule has 5 aromatic rings. The van der Waals surface area contributed by atoms with Crippen LogP contribution < -0.4 is 21.2 Å². The fourth-order valence-electron chi connectivity index (χ4n) is 9.29. The first-order chi connectivity index (χ1) is 28.4. The number of hydrogen-bond donors (Lipinski definition) is 3. The van der Waals surface area contributed by atoms with E-state index < -0.39 is 35.3 Å². The first-order valence-electron chi connectivity index (χ1n) is 20.6. The summed E-state index contributed by atoms with van der Waals surface area (Å²) in [6.45, 7) is 5.85. The maximum atomic E-state index is 13.3. The number of pyridine rings is 1. The summed E-state index contributed by atoms with van der Waals surface area (Å²) in [6, 6.07) is 12.4. The van der Waals surface area contributed by atoms with Crippen LogP contribution in [0.2, 0.25) is 0 Å². The van der Waals surface area contributed by atoms with Gasteiger partial charge in [-0.25, -0.2) is 9.78 Å². The van der Waals surface area contributed by atoms with Gasteiger partial charge in [-0.05, 0) is 114 Å². The molecular formula is C43H50F3N9O5. The maximum Gasteiger partial charge on any atom is 0.433 e. The van der Waals surface area contributed by atoms with Gasteiger partial charge in [0.05, 0.1) is 28.2 Å². The number of nitrogens with zero attached hydrogens (tertiary/aromatic N) is 7. The van der Waals surface area contributed by atoms with Crippen LogP contribution in [0.4, 0.5) is 24.5 Å². The minimum atomic E-state index is -4.70. The second kappa shape index (κ2) is 15.8. The molecule has 1 unspecified atom stereocenters. The lowest BCUT2D eigenvalue weighted by Gasteiger charge is -2.40. The van der Waals surface area contributed by atoms with Crippen LogP contribution in [0.3, 0.4) is 0 Å². The lowest BCUT2D eigenvalue weighted by molar-refractivity contribution is -0.141. The average molecular weight is 830 g/mol. The van der Waals surface area contributed by atoms with Gasteiger partial charge >= 0.3 is 11.9 Å². The van der Waals surface area contributed by atoms with Gasteiger partial charge in [0.25, 0.3) is 5.91 Å². The number of hydrogen-bond acceptors (Lipinski definition) is 9. The summed E-state index contributed by atoms with van der Waals surface area (Å²) in [5.74, 6) is -1.05.